The summed E-state index contributed by atoms with van der Waals surface area (Å²) in [6.45, 7) is 0.547. The van der Waals surface area contributed by atoms with Gasteiger partial charge in [-0.3, -0.25) is 14.2 Å². The first kappa shape index (κ1) is 20.6. The van der Waals surface area contributed by atoms with Gasteiger partial charge in [-0.2, -0.15) is 5.26 Å². The van der Waals surface area contributed by atoms with Crippen LogP contribution < -0.4 is 11.3 Å². The van der Waals surface area contributed by atoms with Crippen LogP contribution in [0.15, 0.2) is 58.5 Å². The molecule has 1 amide bonds. The van der Waals surface area contributed by atoms with E-state index in [1.54, 1.807) is 22.8 Å². The number of nitrogens with zero attached hydrogens (tertiary/aromatic N) is 3. The molecule has 0 fully saturated rings. The van der Waals surface area contributed by atoms with Crippen LogP contribution in [0.1, 0.15) is 36.8 Å². The molecule has 0 radical (unpaired) electrons. The molecule has 3 aromatic rings. The lowest BCUT2D eigenvalue weighted by Crippen LogP contribution is -2.23. The third-order valence-electron chi connectivity index (χ3n) is 4.58. The number of nitriles is 1. The number of unbranched alkanes of at least 4 members (excludes halogenated alkanes) is 2. The maximum Gasteiger partial charge on any atom is 0.262 e. The Morgan fingerprint density at radius 2 is 1.86 bits per heavy atom. The number of amides is 1. The van der Waals surface area contributed by atoms with Crippen molar-refractivity contribution >= 4 is 28.6 Å². The van der Waals surface area contributed by atoms with Crippen LogP contribution in [-0.4, -0.2) is 15.5 Å². The largest absolute Gasteiger partial charge is 0.370 e. The molecule has 29 heavy (non-hydrogen) atoms. The fourth-order valence-corrected chi connectivity index (χ4v) is 4.01. The Kier molecular flexibility index (Phi) is 7.04. The molecule has 0 bridgehead atoms. The second kappa shape index (κ2) is 9.89. The van der Waals surface area contributed by atoms with Crippen LogP contribution in [0.5, 0.6) is 0 Å². The highest BCUT2D eigenvalue weighted by molar-refractivity contribution is 7.98. The fraction of sp³-hybridized carbons (Fsp3) is 0.273. The van der Waals surface area contributed by atoms with E-state index in [0.717, 1.165) is 24.8 Å². The van der Waals surface area contributed by atoms with Crippen molar-refractivity contribution in [3.63, 3.8) is 0 Å². The van der Waals surface area contributed by atoms with Gasteiger partial charge in [0, 0.05) is 18.7 Å². The summed E-state index contributed by atoms with van der Waals surface area (Å²) < 4.78 is 1.72. The number of carbonyl (C=O) groups is 1. The van der Waals surface area contributed by atoms with E-state index in [0.29, 0.717) is 40.3 Å². The number of primary amides is 1. The molecule has 6 nitrogen and oxygen atoms in total. The first-order chi connectivity index (χ1) is 14.1. The van der Waals surface area contributed by atoms with Crippen molar-refractivity contribution in [3.8, 4) is 6.07 Å². The average Bonchev–Trinajstić information content (AvgIpc) is 2.73. The summed E-state index contributed by atoms with van der Waals surface area (Å²) >= 11 is 1.51. The van der Waals surface area contributed by atoms with Crippen molar-refractivity contribution in [2.24, 2.45) is 5.73 Å². The van der Waals surface area contributed by atoms with E-state index < -0.39 is 0 Å². The van der Waals surface area contributed by atoms with Gasteiger partial charge in [-0.1, -0.05) is 42.4 Å². The van der Waals surface area contributed by atoms with Crippen molar-refractivity contribution < 1.29 is 4.79 Å². The van der Waals surface area contributed by atoms with Crippen molar-refractivity contribution in [1.29, 1.82) is 5.26 Å². The zero-order valence-electron chi connectivity index (χ0n) is 16.0. The van der Waals surface area contributed by atoms with Gasteiger partial charge in [-0.25, -0.2) is 4.98 Å². The fourth-order valence-electron chi connectivity index (χ4n) is 3.02. The Labute approximate surface area is 173 Å². The molecule has 0 aliphatic carbocycles. The molecule has 0 unspecified atom stereocenters. The van der Waals surface area contributed by atoms with Crippen LogP contribution >= 0.6 is 11.8 Å². The van der Waals surface area contributed by atoms with E-state index in [1.807, 2.05) is 30.3 Å². The van der Waals surface area contributed by atoms with Crippen LogP contribution in [0, 0.1) is 11.3 Å². The molecule has 1 heterocycles. The van der Waals surface area contributed by atoms with Gasteiger partial charge in [0.25, 0.3) is 5.56 Å². The molecule has 0 spiro atoms. The number of para-hydroxylation sites is 1. The zero-order chi connectivity index (χ0) is 20.6. The average molecular weight is 407 g/mol. The number of hydrogen-bond acceptors (Lipinski definition) is 5. The normalized spacial score (nSPS) is 10.7. The summed E-state index contributed by atoms with van der Waals surface area (Å²) in [4.78, 5) is 28.6. The minimum absolute atomic E-state index is 0.0483. The van der Waals surface area contributed by atoms with Gasteiger partial charge in [0.2, 0.25) is 5.91 Å². The second-order valence-electron chi connectivity index (χ2n) is 6.74. The van der Waals surface area contributed by atoms with Crippen LogP contribution in [0.25, 0.3) is 10.9 Å². The van der Waals surface area contributed by atoms with E-state index in [1.165, 1.54) is 11.8 Å². The zero-order valence-corrected chi connectivity index (χ0v) is 16.8. The second-order valence-corrected chi connectivity index (χ2v) is 7.69. The van der Waals surface area contributed by atoms with E-state index >= 15 is 0 Å². The maximum atomic E-state index is 13.0. The van der Waals surface area contributed by atoms with E-state index in [2.05, 4.69) is 6.07 Å². The number of hydrogen-bond donors (Lipinski definition) is 1. The molecule has 0 saturated carbocycles. The van der Waals surface area contributed by atoms with Crippen LogP contribution in [0.3, 0.4) is 0 Å². The summed E-state index contributed by atoms with van der Waals surface area (Å²) in [5.74, 6) is 0.353. The lowest BCUT2D eigenvalue weighted by molar-refractivity contribution is -0.118. The molecular formula is C22H22N4O2S. The first-order valence-corrected chi connectivity index (χ1v) is 10.5. The molecule has 0 aliphatic heterocycles. The van der Waals surface area contributed by atoms with E-state index in [9.17, 15) is 9.59 Å². The summed E-state index contributed by atoms with van der Waals surface area (Å²) in [6.07, 6.45) is 2.68. The molecule has 1 aromatic heterocycles. The van der Waals surface area contributed by atoms with Crippen molar-refractivity contribution in [1.82, 2.24) is 9.55 Å². The van der Waals surface area contributed by atoms with E-state index in [-0.39, 0.29) is 11.5 Å². The lowest BCUT2D eigenvalue weighted by Gasteiger charge is -2.13. The third kappa shape index (κ3) is 5.46. The molecular weight excluding hydrogens is 384 g/mol. The highest BCUT2D eigenvalue weighted by atomic mass is 32.2. The third-order valence-corrected chi connectivity index (χ3v) is 5.63. The molecule has 2 N–H and O–H groups in total. The van der Waals surface area contributed by atoms with Gasteiger partial charge in [0.15, 0.2) is 5.16 Å². The summed E-state index contributed by atoms with van der Waals surface area (Å²) in [7, 11) is 0. The van der Waals surface area contributed by atoms with Gasteiger partial charge < -0.3 is 5.73 Å². The number of carbonyl (C=O) groups excluding carboxylic acids is 1. The molecule has 2 aromatic carbocycles. The standard InChI is InChI=1S/C22H22N4O2S/c23-14-16-9-11-17(12-10-16)15-29-22-25-19-7-4-3-6-18(19)21(28)26(22)13-5-1-2-8-20(24)27/h3-4,6-7,9-12H,1-2,5,8,13,15H2,(H2,24,27). The Morgan fingerprint density at radius 3 is 2.59 bits per heavy atom. The van der Waals surface area contributed by atoms with Crippen molar-refractivity contribution in [2.75, 3.05) is 0 Å². The minimum atomic E-state index is -0.298. The SMILES string of the molecule is N#Cc1ccc(CSc2nc3ccccc3c(=O)n2CCCCCC(N)=O)cc1. The Hall–Kier alpha value is -3.11. The summed E-state index contributed by atoms with van der Waals surface area (Å²) in [5, 5.41) is 10.2. The number of thioether (sulfide) groups is 1. The minimum Gasteiger partial charge on any atom is -0.370 e. The summed E-state index contributed by atoms with van der Waals surface area (Å²) in [5.41, 5.74) is 7.50. The molecule has 7 heteroatoms. The van der Waals surface area contributed by atoms with Crippen molar-refractivity contribution in [2.45, 2.75) is 43.1 Å². The monoisotopic (exact) mass is 406 g/mol. The molecule has 3 rings (SSSR count). The number of fused-ring (bicyclic) bond motifs is 1. The molecule has 0 saturated heterocycles. The highest BCUT2D eigenvalue weighted by Gasteiger charge is 2.11. The van der Waals surface area contributed by atoms with Crippen LogP contribution in [-0.2, 0) is 17.1 Å². The number of nitrogens with two attached hydrogens (primary N) is 1. The predicted octanol–water partition coefficient (Wildman–Crippen LogP) is 3.61. The smallest absolute Gasteiger partial charge is 0.262 e. The Balaban J connectivity index is 1.80. The summed E-state index contributed by atoms with van der Waals surface area (Å²) in [6, 6.07) is 16.9. The van der Waals surface area contributed by atoms with Crippen LogP contribution in [0.4, 0.5) is 0 Å². The highest BCUT2D eigenvalue weighted by Crippen LogP contribution is 2.23. The number of benzene rings is 2. The van der Waals surface area contributed by atoms with Gasteiger partial charge in [0.05, 0.1) is 22.5 Å². The lowest BCUT2D eigenvalue weighted by atomic mass is 10.2. The van der Waals surface area contributed by atoms with Gasteiger partial charge in [0.1, 0.15) is 0 Å². The molecule has 148 valence electrons. The quantitative estimate of drug-likeness (QED) is 0.332. The van der Waals surface area contributed by atoms with Crippen LogP contribution in [0.2, 0.25) is 0 Å². The molecule has 0 aliphatic rings. The Bertz CT molecular complexity index is 1100. The number of aromatic nitrogens is 2. The van der Waals surface area contributed by atoms with Gasteiger partial charge in [-0.05, 0) is 42.7 Å². The first-order valence-electron chi connectivity index (χ1n) is 9.48. The topological polar surface area (TPSA) is 102 Å². The van der Waals surface area contributed by atoms with Gasteiger partial charge in [-0.15, -0.1) is 0 Å². The van der Waals surface area contributed by atoms with E-state index in [4.69, 9.17) is 16.0 Å². The predicted molar refractivity (Wildman–Crippen MR) is 114 cm³/mol. The molecule has 0 atom stereocenters. The maximum absolute atomic E-state index is 13.0. The van der Waals surface area contributed by atoms with Crippen molar-refractivity contribution in [3.05, 3.63) is 70.0 Å². The number of rotatable bonds is 9. The van der Waals surface area contributed by atoms with Gasteiger partial charge >= 0.3 is 0 Å². The Morgan fingerprint density at radius 1 is 1.10 bits per heavy atom.